The Morgan fingerprint density at radius 3 is 2.15 bits per heavy atom. The van der Waals surface area contributed by atoms with Gasteiger partial charge in [0.25, 0.3) is 0 Å². The van der Waals surface area contributed by atoms with Gasteiger partial charge < -0.3 is 10.0 Å². The van der Waals surface area contributed by atoms with Crippen LogP contribution in [0.5, 0.6) is 0 Å². The summed E-state index contributed by atoms with van der Waals surface area (Å²) in [6.45, 7) is 0. The van der Waals surface area contributed by atoms with Crippen LogP contribution in [-0.4, -0.2) is 11.0 Å². The Hall–Kier alpha value is -3.57. The lowest BCUT2D eigenvalue weighted by Crippen LogP contribution is -2.55. The first-order chi connectivity index (χ1) is 16.0. The predicted octanol–water partition coefficient (Wildman–Crippen LogP) is 6.34. The number of β-lactam (4-membered cyclic amide) rings is 1. The third-order valence-corrected chi connectivity index (χ3v) is 6.44. The van der Waals surface area contributed by atoms with Gasteiger partial charge in [-0.15, -0.1) is 0 Å². The maximum atomic E-state index is 13.5. The maximum Gasteiger partial charge on any atom is 0.233 e. The summed E-state index contributed by atoms with van der Waals surface area (Å²) in [6, 6.07) is 25.7. The van der Waals surface area contributed by atoms with Gasteiger partial charge in [0.2, 0.25) is 5.91 Å². The molecular weight excluding hydrogens is 420 g/mol. The third kappa shape index (κ3) is 4.12. The van der Waals surface area contributed by atoms with Crippen LogP contribution < -0.4 is 4.90 Å². The summed E-state index contributed by atoms with van der Waals surface area (Å²) in [5.41, 5.74) is 2.27. The number of hydrogen-bond acceptors (Lipinski definition) is 2. The fraction of sp³-hybridized carbons (Fsp3) is 0.179. The fourth-order valence-corrected chi connectivity index (χ4v) is 4.68. The van der Waals surface area contributed by atoms with Crippen molar-refractivity contribution in [2.45, 2.75) is 25.0 Å². The van der Waals surface area contributed by atoms with Gasteiger partial charge in [-0.3, -0.25) is 4.79 Å². The van der Waals surface area contributed by atoms with Crippen molar-refractivity contribution in [3.63, 3.8) is 0 Å². The Balaban J connectivity index is 1.43. The van der Waals surface area contributed by atoms with Gasteiger partial charge in [-0.25, -0.2) is 8.78 Å². The Morgan fingerprint density at radius 2 is 1.45 bits per heavy atom. The zero-order chi connectivity index (χ0) is 22.9. The van der Waals surface area contributed by atoms with E-state index < -0.39 is 6.10 Å². The highest BCUT2D eigenvalue weighted by molar-refractivity contribution is 6.03. The molecule has 0 bridgehead atoms. The monoisotopic (exact) mass is 443 g/mol. The van der Waals surface area contributed by atoms with Gasteiger partial charge in [-0.1, -0.05) is 48.5 Å². The molecule has 166 valence electrons. The van der Waals surface area contributed by atoms with Gasteiger partial charge in [0.15, 0.2) is 0 Å². The Bertz CT molecular complexity index is 1290. The molecule has 0 saturated carbocycles. The van der Waals surface area contributed by atoms with Crippen molar-refractivity contribution in [1.82, 2.24) is 0 Å². The minimum Gasteiger partial charge on any atom is -0.388 e. The van der Waals surface area contributed by atoms with Crippen LogP contribution in [0, 0.1) is 17.6 Å². The van der Waals surface area contributed by atoms with Crippen LogP contribution in [-0.2, 0) is 4.79 Å². The number of rotatable bonds is 6. The number of amides is 1. The molecular formula is C28H23F2NO2. The minimum absolute atomic E-state index is 0.0499. The van der Waals surface area contributed by atoms with E-state index in [0.717, 1.165) is 16.3 Å². The average molecular weight is 443 g/mol. The Morgan fingerprint density at radius 1 is 0.818 bits per heavy atom. The van der Waals surface area contributed by atoms with Crippen molar-refractivity contribution in [3.05, 3.63) is 114 Å². The number of aliphatic hydroxyl groups excluding tert-OH is 1. The second-order valence-corrected chi connectivity index (χ2v) is 8.49. The number of halogens is 2. The summed E-state index contributed by atoms with van der Waals surface area (Å²) in [5.74, 6) is -1.07. The Labute approximate surface area is 190 Å². The van der Waals surface area contributed by atoms with E-state index in [2.05, 4.69) is 6.07 Å². The molecule has 33 heavy (non-hydrogen) atoms. The quantitative estimate of drug-likeness (QED) is 0.354. The molecule has 3 nitrogen and oxygen atoms in total. The zero-order valence-electron chi connectivity index (χ0n) is 17.9. The van der Waals surface area contributed by atoms with Crippen molar-refractivity contribution in [2.75, 3.05) is 4.90 Å². The molecule has 1 N–H and O–H groups in total. The van der Waals surface area contributed by atoms with E-state index in [4.69, 9.17) is 0 Å². The van der Waals surface area contributed by atoms with Crippen LogP contribution in [0.15, 0.2) is 91.0 Å². The molecule has 0 unspecified atom stereocenters. The lowest BCUT2D eigenvalue weighted by atomic mass is 9.78. The average Bonchev–Trinajstić information content (AvgIpc) is 2.83. The lowest BCUT2D eigenvalue weighted by Gasteiger charge is -2.48. The molecule has 1 fully saturated rings. The summed E-state index contributed by atoms with van der Waals surface area (Å²) in [4.78, 5) is 14.9. The number of carbonyl (C=O) groups excluding carboxylic acids is 1. The van der Waals surface area contributed by atoms with Crippen LogP contribution in [0.4, 0.5) is 14.5 Å². The highest BCUT2D eigenvalue weighted by Crippen LogP contribution is 2.46. The molecule has 1 aliphatic rings. The molecule has 1 aliphatic heterocycles. The summed E-state index contributed by atoms with van der Waals surface area (Å²) in [7, 11) is 0. The molecule has 4 aromatic rings. The molecule has 5 heteroatoms. The van der Waals surface area contributed by atoms with Gasteiger partial charge in [0.05, 0.1) is 18.1 Å². The first kappa shape index (κ1) is 21.3. The second kappa shape index (κ2) is 8.75. The fourth-order valence-electron chi connectivity index (χ4n) is 4.68. The molecule has 0 radical (unpaired) electrons. The molecule has 0 spiro atoms. The molecule has 0 aliphatic carbocycles. The van der Waals surface area contributed by atoms with E-state index in [-0.39, 0.29) is 29.5 Å². The molecule has 5 rings (SSSR count). The highest BCUT2D eigenvalue weighted by atomic mass is 19.1. The predicted molar refractivity (Wildman–Crippen MR) is 125 cm³/mol. The van der Waals surface area contributed by atoms with Crippen molar-refractivity contribution in [2.24, 2.45) is 5.92 Å². The molecule has 1 heterocycles. The normalized spacial score (nSPS) is 18.9. The van der Waals surface area contributed by atoms with Gasteiger partial charge in [-0.2, -0.15) is 0 Å². The standard InChI is InChI=1S/C28H23F2NO2/c29-22-9-7-19(8-10-22)26(32)16-15-25-27(21-6-5-18-3-1-2-4-20(18)17-21)31(28(25)33)24-13-11-23(30)12-14-24/h1-14,17,25-27,32H,15-16H2/t25-,26+,27-/m1/s1. The van der Waals surface area contributed by atoms with Crippen LogP contribution >= 0.6 is 0 Å². The third-order valence-electron chi connectivity index (χ3n) is 6.44. The number of hydrogen-bond donors (Lipinski definition) is 1. The van der Waals surface area contributed by atoms with Gasteiger partial charge in [0, 0.05) is 5.69 Å². The zero-order valence-corrected chi connectivity index (χ0v) is 17.9. The van der Waals surface area contributed by atoms with Crippen LogP contribution in [0.2, 0.25) is 0 Å². The first-order valence-electron chi connectivity index (χ1n) is 11.0. The van der Waals surface area contributed by atoms with Crippen LogP contribution in [0.1, 0.15) is 36.1 Å². The number of fused-ring (bicyclic) bond motifs is 1. The highest BCUT2D eigenvalue weighted by Gasteiger charge is 2.48. The number of nitrogens with zero attached hydrogens (tertiary/aromatic N) is 1. The van der Waals surface area contributed by atoms with Gasteiger partial charge in [-0.05, 0) is 77.2 Å². The Kier molecular flexibility index (Phi) is 5.65. The largest absolute Gasteiger partial charge is 0.388 e. The smallest absolute Gasteiger partial charge is 0.233 e. The SMILES string of the molecule is O=C1[C@H](CC[C@H](O)c2ccc(F)cc2)[C@@H](c2ccc3ccccc3c2)N1c1ccc(F)cc1. The van der Waals surface area contributed by atoms with Crippen molar-refractivity contribution >= 4 is 22.4 Å². The van der Waals surface area contributed by atoms with E-state index in [0.29, 0.717) is 24.1 Å². The van der Waals surface area contributed by atoms with Crippen LogP contribution in [0.25, 0.3) is 10.8 Å². The minimum atomic E-state index is -0.782. The molecule has 1 amide bonds. The van der Waals surface area contributed by atoms with Crippen molar-refractivity contribution < 1.29 is 18.7 Å². The maximum absolute atomic E-state index is 13.5. The molecule has 0 aromatic heterocycles. The molecule has 4 aromatic carbocycles. The lowest BCUT2D eigenvalue weighted by molar-refractivity contribution is -0.131. The topological polar surface area (TPSA) is 40.5 Å². The van der Waals surface area contributed by atoms with Crippen LogP contribution in [0.3, 0.4) is 0 Å². The van der Waals surface area contributed by atoms with Crippen molar-refractivity contribution in [1.29, 1.82) is 0 Å². The summed E-state index contributed by atoms with van der Waals surface area (Å²) >= 11 is 0. The van der Waals surface area contributed by atoms with E-state index in [1.807, 2.05) is 36.4 Å². The summed E-state index contributed by atoms with van der Waals surface area (Å²) in [5, 5.41) is 12.8. The van der Waals surface area contributed by atoms with E-state index in [1.54, 1.807) is 29.2 Å². The van der Waals surface area contributed by atoms with E-state index in [9.17, 15) is 18.7 Å². The molecule has 1 saturated heterocycles. The number of aliphatic hydroxyl groups is 1. The first-order valence-corrected chi connectivity index (χ1v) is 11.0. The number of anilines is 1. The van der Waals surface area contributed by atoms with Crippen molar-refractivity contribution in [3.8, 4) is 0 Å². The van der Waals surface area contributed by atoms with Gasteiger partial charge in [0.1, 0.15) is 11.6 Å². The summed E-state index contributed by atoms with van der Waals surface area (Å²) < 4.78 is 26.7. The van der Waals surface area contributed by atoms with E-state index >= 15 is 0 Å². The number of benzene rings is 4. The summed E-state index contributed by atoms with van der Waals surface area (Å²) in [6.07, 6.45) is 0.0752. The molecule has 3 atom stereocenters. The van der Waals surface area contributed by atoms with Gasteiger partial charge >= 0.3 is 0 Å². The second-order valence-electron chi connectivity index (χ2n) is 8.49. The number of carbonyl (C=O) groups is 1. The van der Waals surface area contributed by atoms with E-state index in [1.165, 1.54) is 24.3 Å².